The van der Waals surface area contributed by atoms with Crippen LogP contribution in [0, 0.1) is 6.92 Å². The van der Waals surface area contributed by atoms with Gasteiger partial charge < -0.3 is 10.2 Å². The summed E-state index contributed by atoms with van der Waals surface area (Å²) in [7, 11) is 0. The number of nitrogens with one attached hydrogen (secondary N) is 1. The summed E-state index contributed by atoms with van der Waals surface area (Å²) >= 11 is 0. The van der Waals surface area contributed by atoms with Gasteiger partial charge in [-0.3, -0.25) is 9.59 Å². The van der Waals surface area contributed by atoms with E-state index in [9.17, 15) is 9.59 Å². The van der Waals surface area contributed by atoms with E-state index in [2.05, 4.69) is 48.4 Å². The number of hydrogen-bond donors (Lipinski definition) is 1. The van der Waals surface area contributed by atoms with E-state index in [0.717, 1.165) is 12.0 Å². The number of aryl methyl sites for hydroxylation is 1. The summed E-state index contributed by atoms with van der Waals surface area (Å²) in [6.45, 7) is 4.88. The Bertz CT molecular complexity index is 845. The summed E-state index contributed by atoms with van der Waals surface area (Å²) in [6, 6.07) is 10.5. The Balaban J connectivity index is 1.58. The molecule has 0 bridgehead atoms. The molecule has 4 rings (SSSR count). The van der Waals surface area contributed by atoms with Crippen LogP contribution < -0.4 is 5.32 Å². The lowest BCUT2D eigenvalue weighted by molar-refractivity contribution is -0.115. The molecule has 1 N–H and O–H groups in total. The molecular formula is C20H21N3O2. The largest absolute Gasteiger partial charge is 0.335 e. The van der Waals surface area contributed by atoms with E-state index >= 15 is 0 Å². The molecule has 5 nitrogen and oxygen atoms in total. The fourth-order valence-electron chi connectivity index (χ4n) is 3.87. The first-order valence-electron chi connectivity index (χ1n) is 8.68. The number of amides is 2. The Morgan fingerprint density at radius 2 is 2.00 bits per heavy atom. The molecule has 25 heavy (non-hydrogen) atoms. The summed E-state index contributed by atoms with van der Waals surface area (Å²) in [6.07, 6.45) is 2.78. The molecule has 2 aromatic rings. The van der Waals surface area contributed by atoms with Gasteiger partial charge in [-0.25, -0.2) is 4.98 Å². The molecule has 2 aliphatic heterocycles. The average Bonchev–Trinajstić information content (AvgIpc) is 3.16. The molecule has 1 aromatic heterocycles. The minimum Gasteiger partial charge on any atom is -0.335 e. The number of carbonyl (C=O) groups is 2. The van der Waals surface area contributed by atoms with Crippen LogP contribution in [0.4, 0.5) is 5.82 Å². The molecule has 5 heteroatoms. The molecule has 1 aromatic carbocycles. The normalized spacial score (nSPS) is 22.0. The molecule has 128 valence electrons. The van der Waals surface area contributed by atoms with E-state index in [-0.39, 0.29) is 24.3 Å². The van der Waals surface area contributed by atoms with Crippen molar-refractivity contribution in [1.82, 2.24) is 9.88 Å². The second-order valence-corrected chi connectivity index (χ2v) is 7.06. The second kappa shape index (κ2) is 5.99. The van der Waals surface area contributed by atoms with E-state index in [1.54, 1.807) is 12.3 Å². The second-order valence-electron chi connectivity index (χ2n) is 7.06. The standard InChI is InChI=1S/C20H21N3O2/c1-12-3-5-14(6-4-12)15-9-13(2)23(11-15)20(25)16-7-8-21-19-17(16)10-18(24)22-19/h3-8,13,15H,9-11H2,1-2H3,(H,21,22,24). The smallest absolute Gasteiger partial charge is 0.254 e. The third kappa shape index (κ3) is 2.80. The van der Waals surface area contributed by atoms with Crippen molar-refractivity contribution in [2.24, 2.45) is 0 Å². The summed E-state index contributed by atoms with van der Waals surface area (Å²) in [4.78, 5) is 30.9. The molecule has 0 saturated carbocycles. The summed E-state index contributed by atoms with van der Waals surface area (Å²) in [5.74, 6) is 0.777. The van der Waals surface area contributed by atoms with Gasteiger partial charge in [0.1, 0.15) is 5.82 Å². The lowest BCUT2D eigenvalue weighted by Gasteiger charge is -2.22. The molecule has 1 fully saturated rings. The fraction of sp³-hybridized carbons (Fsp3) is 0.350. The topological polar surface area (TPSA) is 62.3 Å². The number of anilines is 1. The van der Waals surface area contributed by atoms with Crippen molar-refractivity contribution in [2.75, 3.05) is 11.9 Å². The van der Waals surface area contributed by atoms with Crippen LogP contribution in [0.5, 0.6) is 0 Å². The zero-order valence-corrected chi connectivity index (χ0v) is 14.5. The maximum atomic E-state index is 13.1. The first-order valence-corrected chi connectivity index (χ1v) is 8.68. The first-order chi connectivity index (χ1) is 12.0. The number of hydrogen-bond acceptors (Lipinski definition) is 3. The Kier molecular flexibility index (Phi) is 3.79. The van der Waals surface area contributed by atoms with Gasteiger partial charge in [-0.2, -0.15) is 0 Å². The fourth-order valence-corrected chi connectivity index (χ4v) is 3.87. The Hall–Kier alpha value is -2.69. The van der Waals surface area contributed by atoms with Crippen LogP contribution in [0.25, 0.3) is 0 Å². The van der Waals surface area contributed by atoms with Crippen LogP contribution >= 0.6 is 0 Å². The third-order valence-electron chi connectivity index (χ3n) is 5.27. The van der Waals surface area contributed by atoms with E-state index in [0.29, 0.717) is 23.8 Å². The molecule has 1 saturated heterocycles. The van der Waals surface area contributed by atoms with Crippen molar-refractivity contribution in [3.8, 4) is 0 Å². The molecule has 3 heterocycles. The number of pyridine rings is 1. The van der Waals surface area contributed by atoms with Crippen molar-refractivity contribution in [3.05, 3.63) is 58.8 Å². The van der Waals surface area contributed by atoms with Gasteiger partial charge >= 0.3 is 0 Å². The molecule has 2 atom stereocenters. The average molecular weight is 335 g/mol. The molecular weight excluding hydrogens is 314 g/mol. The van der Waals surface area contributed by atoms with Crippen molar-refractivity contribution in [3.63, 3.8) is 0 Å². The van der Waals surface area contributed by atoms with Crippen LogP contribution in [0.2, 0.25) is 0 Å². The maximum absolute atomic E-state index is 13.1. The van der Waals surface area contributed by atoms with Crippen molar-refractivity contribution in [1.29, 1.82) is 0 Å². The van der Waals surface area contributed by atoms with E-state index < -0.39 is 0 Å². The molecule has 2 amide bonds. The molecule has 0 aliphatic carbocycles. The highest BCUT2D eigenvalue weighted by atomic mass is 16.2. The highest BCUT2D eigenvalue weighted by Crippen LogP contribution is 2.34. The zero-order valence-electron chi connectivity index (χ0n) is 14.5. The predicted molar refractivity (Wildman–Crippen MR) is 95.6 cm³/mol. The van der Waals surface area contributed by atoms with Gasteiger partial charge in [0, 0.05) is 35.8 Å². The number of carbonyl (C=O) groups excluding carboxylic acids is 2. The van der Waals surface area contributed by atoms with Gasteiger partial charge in [0.25, 0.3) is 5.91 Å². The Morgan fingerprint density at radius 3 is 2.76 bits per heavy atom. The minimum atomic E-state index is -0.102. The highest BCUT2D eigenvalue weighted by Gasteiger charge is 2.35. The lowest BCUT2D eigenvalue weighted by atomic mass is 9.96. The van der Waals surface area contributed by atoms with E-state index in [1.807, 2.05) is 4.90 Å². The predicted octanol–water partition coefficient (Wildman–Crippen LogP) is 2.90. The van der Waals surface area contributed by atoms with Gasteiger partial charge in [-0.15, -0.1) is 0 Å². The number of fused-ring (bicyclic) bond motifs is 1. The number of nitrogens with zero attached hydrogens (tertiary/aromatic N) is 2. The Labute approximate surface area is 147 Å². The van der Waals surface area contributed by atoms with Gasteiger partial charge in [0.05, 0.1) is 6.42 Å². The summed E-state index contributed by atoms with van der Waals surface area (Å²) < 4.78 is 0. The highest BCUT2D eigenvalue weighted by molar-refractivity contribution is 6.04. The lowest BCUT2D eigenvalue weighted by Crippen LogP contribution is -2.34. The van der Waals surface area contributed by atoms with Crippen LogP contribution in [-0.4, -0.2) is 34.3 Å². The van der Waals surface area contributed by atoms with Gasteiger partial charge in [0.15, 0.2) is 0 Å². The number of rotatable bonds is 2. The number of likely N-dealkylation sites (tertiary alicyclic amines) is 1. The minimum absolute atomic E-state index is 0.00254. The van der Waals surface area contributed by atoms with Gasteiger partial charge in [0.2, 0.25) is 5.91 Å². The SMILES string of the molecule is Cc1ccc(C2CC(C)N(C(=O)c3ccnc4c3CC(=O)N4)C2)cc1. The quantitative estimate of drug-likeness (QED) is 0.918. The molecule has 0 spiro atoms. The Morgan fingerprint density at radius 1 is 1.24 bits per heavy atom. The van der Waals surface area contributed by atoms with E-state index in [4.69, 9.17) is 0 Å². The van der Waals surface area contributed by atoms with Crippen LogP contribution in [0.3, 0.4) is 0 Å². The summed E-state index contributed by atoms with van der Waals surface area (Å²) in [5.41, 5.74) is 3.85. The van der Waals surface area contributed by atoms with Crippen molar-refractivity contribution < 1.29 is 9.59 Å². The van der Waals surface area contributed by atoms with Crippen molar-refractivity contribution in [2.45, 2.75) is 38.6 Å². The first kappa shape index (κ1) is 15.8. The van der Waals surface area contributed by atoms with Crippen molar-refractivity contribution >= 4 is 17.6 Å². The van der Waals surface area contributed by atoms with Gasteiger partial charge in [-0.05, 0) is 31.9 Å². The van der Waals surface area contributed by atoms with Crippen LogP contribution in [0.1, 0.15) is 46.3 Å². The zero-order chi connectivity index (χ0) is 17.6. The summed E-state index contributed by atoms with van der Waals surface area (Å²) in [5, 5.41) is 2.71. The van der Waals surface area contributed by atoms with Crippen LogP contribution in [0.15, 0.2) is 36.5 Å². The van der Waals surface area contributed by atoms with Crippen LogP contribution in [-0.2, 0) is 11.2 Å². The monoisotopic (exact) mass is 335 g/mol. The van der Waals surface area contributed by atoms with E-state index in [1.165, 1.54) is 11.1 Å². The maximum Gasteiger partial charge on any atom is 0.254 e. The molecule has 2 aliphatic rings. The molecule has 0 radical (unpaired) electrons. The van der Waals surface area contributed by atoms with Gasteiger partial charge in [-0.1, -0.05) is 29.8 Å². The third-order valence-corrected chi connectivity index (χ3v) is 5.27. The number of benzene rings is 1. The number of aromatic nitrogens is 1. The molecule has 2 unspecified atom stereocenters.